The van der Waals surface area contributed by atoms with Crippen molar-refractivity contribution in [1.82, 2.24) is 10.1 Å². The minimum absolute atomic E-state index is 0.174. The SMILES string of the molecule is COc1ccc(-c2cc(CN(Cc3ccc(F)cc3)C(=O)c3ccco3)no2)cc1OC. The van der Waals surface area contributed by atoms with Gasteiger partial charge in [0.1, 0.15) is 11.5 Å². The van der Waals surface area contributed by atoms with Crippen molar-refractivity contribution in [2.24, 2.45) is 0 Å². The summed E-state index contributed by atoms with van der Waals surface area (Å²) in [6.07, 6.45) is 1.44. The van der Waals surface area contributed by atoms with Crippen LogP contribution in [-0.2, 0) is 13.1 Å². The summed E-state index contributed by atoms with van der Waals surface area (Å²) in [7, 11) is 3.12. The van der Waals surface area contributed by atoms with Gasteiger partial charge < -0.3 is 23.3 Å². The third-order valence-electron chi connectivity index (χ3n) is 4.89. The highest BCUT2D eigenvalue weighted by atomic mass is 19.1. The monoisotopic (exact) mass is 436 g/mol. The Bertz CT molecular complexity index is 1190. The van der Waals surface area contributed by atoms with Crippen LogP contribution < -0.4 is 9.47 Å². The van der Waals surface area contributed by atoms with Gasteiger partial charge >= 0.3 is 0 Å². The largest absolute Gasteiger partial charge is 0.493 e. The lowest BCUT2D eigenvalue weighted by atomic mass is 10.1. The average Bonchev–Trinajstić information content (AvgIpc) is 3.52. The Kier molecular flexibility index (Phi) is 6.21. The molecular weight excluding hydrogens is 415 g/mol. The molecule has 0 aliphatic heterocycles. The van der Waals surface area contributed by atoms with E-state index < -0.39 is 0 Å². The summed E-state index contributed by atoms with van der Waals surface area (Å²) in [6.45, 7) is 0.423. The maximum atomic E-state index is 13.3. The highest BCUT2D eigenvalue weighted by molar-refractivity contribution is 5.91. The smallest absolute Gasteiger partial charge is 0.290 e. The second-order valence-electron chi connectivity index (χ2n) is 7.02. The van der Waals surface area contributed by atoms with E-state index in [2.05, 4.69) is 5.16 Å². The van der Waals surface area contributed by atoms with E-state index >= 15 is 0 Å². The van der Waals surface area contributed by atoms with Crippen molar-refractivity contribution in [2.45, 2.75) is 13.1 Å². The Morgan fingerprint density at radius 2 is 1.78 bits per heavy atom. The van der Waals surface area contributed by atoms with Gasteiger partial charge in [0.05, 0.1) is 27.0 Å². The van der Waals surface area contributed by atoms with Crippen molar-refractivity contribution in [2.75, 3.05) is 14.2 Å². The zero-order chi connectivity index (χ0) is 22.5. The molecule has 2 aromatic carbocycles. The topological polar surface area (TPSA) is 77.9 Å². The number of carbonyl (C=O) groups excluding carboxylic acids is 1. The fourth-order valence-electron chi connectivity index (χ4n) is 3.27. The third-order valence-corrected chi connectivity index (χ3v) is 4.89. The lowest BCUT2D eigenvalue weighted by Gasteiger charge is -2.20. The van der Waals surface area contributed by atoms with Gasteiger partial charge in [0.25, 0.3) is 5.91 Å². The molecule has 2 heterocycles. The molecule has 0 fully saturated rings. The van der Waals surface area contributed by atoms with Crippen molar-refractivity contribution in [3.63, 3.8) is 0 Å². The first-order chi connectivity index (χ1) is 15.6. The van der Waals surface area contributed by atoms with Crippen LogP contribution in [0.4, 0.5) is 4.39 Å². The molecule has 0 aliphatic carbocycles. The average molecular weight is 436 g/mol. The molecule has 4 rings (SSSR count). The first kappa shape index (κ1) is 21.2. The molecule has 2 aromatic heterocycles. The van der Waals surface area contributed by atoms with Gasteiger partial charge in [-0.3, -0.25) is 4.79 Å². The van der Waals surface area contributed by atoms with Gasteiger partial charge in [-0.25, -0.2) is 4.39 Å². The van der Waals surface area contributed by atoms with Crippen LogP contribution in [0.5, 0.6) is 11.5 Å². The summed E-state index contributed by atoms with van der Waals surface area (Å²) in [5.41, 5.74) is 2.08. The summed E-state index contributed by atoms with van der Waals surface area (Å²) in [6, 6.07) is 16.4. The van der Waals surface area contributed by atoms with E-state index in [1.54, 1.807) is 61.6 Å². The quantitative estimate of drug-likeness (QED) is 0.390. The summed E-state index contributed by atoms with van der Waals surface area (Å²) in [4.78, 5) is 14.5. The second kappa shape index (κ2) is 9.38. The van der Waals surface area contributed by atoms with Gasteiger partial charge in [0, 0.05) is 18.2 Å². The molecule has 1 amide bonds. The standard InChI is InChI=1S/C24H21FN2O5/c1-29-20-10-7-17(12-23(20)30-2)22-13-19(26-32-22)15-27(24(28)21-4-3-11-31-21)14-16-5-8-18(25)9-6-16/h3-13H,14-15H2,1-2H3. The number of amides is 1. The molecule has 0 N–H and O–H groups in total. The lowest BCUT2D eigenvalue weighted by molar-refractivity contribution is 0.0694. The molecule has 32 heavy (non-hydrogen) atoms. The van der Waals surface area contributed by atoms with Crippen LogP contribution in [0, 0.1) is 5.82 Å². The van der Waals surface area contributed by atoms with Gasteiger partial charge in [0.15, 0.2) is 23.0 Å². The lowest BCUT2D eigenvalue weighted by Crippen LogP contribution is -2.30. The number of halogens is 1. The van der Waals surface area contributed by atoms with Crippen molar-refractivity contribution in [3.8, 4) is 22.8 Å². The summed E-state index contributed by atoms with van der Waals surface area (Å²) >= 11 is 0. The molecule has 7 nitrogen and oxygen atoms in total. The zero-order valence-corrected chi connectivity index (χ0v) is 17.6. The van der Waals surface area contributed by atoms with Crippen LogP contribution in [0.3, 0.4) is 0 Å². The number of furan rings is 1. The molecular formula is C24H21FN2O5. The molecule has 0 unspecified atom stereocenters. The number of aromatic nitrogens is 1. The summed E-state index contributed by atoms with van der Waals surface area (Å²) in [5.74, 6) is 1.24. The fraction of sp³-hybridized carbons (Fsp3) is 0.167. The Balaban J connectivity index is 1.58. The maximum absolute atomic E-state index is 13.3. The van der Waals surface area contributed by atoms with Crippen LogP contribution >= 0.6 is 0 Å². The number of methoxy groups -OCH3 is 2. The van der Waals surface area contributed by atoms with E-state index in [-0.39, 0.29) is 30.6 Å². The van der Waals surface area contributed by atoms with E-state index in [1.807, 2.05) is 6.07 Å². The molecule has 0 aliphatic rings. The van der Waals surface area contributed by atoms with Crippen molar-refractivity contribution in [3.05, 3.63) is 89.8 Å². The van der Waals surface area contributed by atoms with Crippen molar-refractivity contribution < 1.29 is 27.6 Å². The van der Waals surface area contributed by atoms with Gasteiger partial charge in [-0.1, -0.05) is 17.3 Å². The van der Waals surface area contributed by atoms with E-state index in [4.69, 9.17) is 18.4 Å². The Morgan fingerprint density at radius 3 is 2.47 bits per heavy atom. The minimum atomic E-state index is -0.339. The number of ether oxygens (including phenoxy) is 2. The molecule has 164 valence electrons. The first-order valence-corrected chi connectivity index (χ1v) is 9.82. The van der Waals surface area contributed by atoms with Crippen LogP contribution in [0.2, 0.25) is 0 Å². The van der Waals surface area contributed by atoms with E-state index in [9.17, 15) is 9.18 Å². The number of carbonyl (C=O) groups is 1. The van der Waals surface area contributed by atoms with Crippen molar-refractivity contribution in [1.29, 1.82) is 0 Å². The Hall–Kier alpha value is -4.07. The van der Waals surface area contributed by atoms with Crippen LogP contribution in [0.15, 0.2) is 75.9 Å². The summed E-state index contributed by atoms with van der Waals surface area (Å²) < 4.78 is 34.7. The molecule has 0 spiro atoms. The van der Waals surface area contributed by atoms with E-state index in [0.29, 0.717) is 23.0 Å². The predicted octanol–water partition coefficient (Wildman–Crippen LogP) is 4.93. The highest BCUT2D eigenvalue weighted by Crippen LogP contribution is 2.32. The van der Waals surface area contributed by atoms with E-state index in [1.165, 1.54) is 18.4 Å². The highest BCUT2D eigenvalue weighted by Gasteiger charge is 2.21. The number of benzene rings is 2. The maximum Gasteiger partial charge on any atom is 0.290 e. The number of nitrogens with zero attached hydrogens (tertiary/aromatic N) is 2. The van der Waals surface area contributed by atoms with Gasteiger partial charge in [-0.15, -0.1) is 0 Å². The number of hydrogen-bond acceptors (Lipinski definition) is 6. The Labute approximate surface area is 184 Å². The molecule has 0 atom stereocenters. The van der Waals surface area contributed by atoms with Gasteiger partial charge in [0.2, 0.25) is 0 Å². The predicted molar refractivity (Wildman–Crippen MR) is 114 cm³/mol. The summed E-state index contributed by atoms with van der Waals surface area (Å²) in [5, 5.41) is 4.12. The molecule has 0 saturated carbocycles. The second-order valence-corrected chi connectivity index (χ2v) is 7.02. The Morgan fingerprint density at radius 1 is 1.00 bits per heavy atom. The van der Waals surface area contributed by atoms with Crippen LogP contribution in [-0.4, -0.2) is 30.2 Å². The molecule has 4 aromatic rings. The molecule has 0 saturated heterocycles. The van der Waals surface area contributed by atoms with Crippen LogP contribution in [0.1, 0.15) is 21.8 Å². The van der Waals surface area contributed by atoms with Gasteiger partial charge in [-0.05, 0) is 48.0 Å². The minimum Gasteiger partial charge on any atom is -0.493 e. The van der Waals surface area contributed by atoms with Crippen LogP contribution in [0.25, 0.3) is 11.3 Å². The fourth-order valence-corrected chi connectivity index (χ4v) is 3.27. The van der Waals surface area contributed by atoms with Crippen molar-refractivity contribution >= 4 is 5.91 Å². The van der Waals surface area contributed by atoms with E-state index in [0.717, 1.165) is 11.1 Å². The number of rotatable bonds is 8. The normalized spacial score (nSPS) is 10.7. The molecule has 0 radical (unpaired) electrons. The van der Waals surface area contributed by atoms with Gasteiger partial charge in [-0.2, -0.15) is 0 Å². The molecule has 0 bridgehead atoms. The third kappa shape index (κ3) is 4.64. The first-order valence-electron chi connectivity index (χ1n) is 9.82. The number of hydrogen-bond donors (Lipinski definition) is 0. The molecule has 8 heteroatoms. The zero-order valence-electron chi connectivity index (χ0n) is 17.6.